The van der Waals surface area contributed by atoms with Gasteiger partial charge in [-0.1, -0.05) is 0 Å². The average molecular weight is 258 g/mol. The summed E-state index contributed by atoms with van der Waals surface area (Å²) < 4.78 is 1.19. The Kier molecular flexibility index (Phi) is 3.15. The van der Waals surface area contributed by atoms with Crippen LogP contribution in [0.5, 0.6) is 0 Å². The Hall–Kier alpha value is -2.89. The molecule has 1 amide bonds. The summed E-state index contributed by atoms with van der Waals surface area (Å²) in [6, 6.07) is 8.39. The Morgan fingerprint density at radius 1 is 1.00 bits per heavy atom. The third-order valence-electron chi connectivity index (χ3n) is 2.59. The molecule has 2 rings (SSSR count). The normalized spacial score (nSPS) is 10.1. The van der Waals surface area contributed by atoms with Gasteiger partial charge in [-0.3, -0.25) is 14.2 Å². The minimum Gasteiger partial charge on any atom is -0.478 e. The molecule has 0 saturated carbocycles. The molecule has 0 saturated heterocycles. The van der Waals surface area contributed by atoms with Gasteiger partial charge < -0.3 is 10.8 Å². The number of primary amides is 1. The third-order valence-corrected chi connectivity index (χ3v) is 2.59. The topological polar surface area (TPSA) is 102 Å². The minimum absolute atomic E-state index is 0.00132. The number of benzene rings is 1. The number of nitrogens with two attached hydrogens (primary N) is 1. The van der Waals surface area contributed by atoms with E-state index in [1.165, 1.54) is 47.2 Å². The summed E-state index contributed by atoms with van der Waals surface area (Å²) in [7, 11) is 0. The summed E-state index contributed by atoms with van der Waals surface area (Å²) in [5.41, 5.74) is 5.51. The number of carboxylic acids is 1. The van der Waals surface area contributed by atoms with Crippen LogP contribution in [-0.4, -0.2) is 21.6 Å². The number of nitrogens with zero attached hydrogens (tertiary/aromatic N) is 1. The number of carboxylic acid groups (broad SMARTS) is 1. The zero-order valence-corrected chi connectivity index (χ0v) is 9.74. The zero-order valence-electron chi connectivity index (χ0n) is 9.74. The van der Waals surface area contributed by atoms with Gasteiger partial charge in [-0.05, 0) is 30.3 Å². The molecule has 1 aromatic carbocycles. The largest absolute Gasteiger partial charge is 0.478 e. The SMILES string of the molecule is NC(=O)c1ccc(-n2cc(C(=O)O)ccc2=O)cc1. The average Bonchev–Trinajstić information content (AvgIpc) is 2.39. The fourth-order valence-electron chi connectivity index (χ4n) is 1.60. The molecule has 0 aliphatic carbocycles. The number of amides is 1. The lowest BCUT2D eigenvalue weighted by Crippen LogP contribution is -2.18. The number of hydrogen-bond donors (Lipinski definition) is 2. The van der Waals surface area contributed by atoms with Crippen LogP contribution in [0.1, 0.15) is 20.7 Å². The van der Waals surface area contributed by atoms with E-state index in [1.54, 1.807) is 0 Å². The molecule has 0 spiro atoms. The van der Waals surface area contributed by atoms with Crippen LogP contribution < -0.4 is 11.3 Å². The van der Waals surface area contributed by atoms with Crippen molar-refractivity contribution in [1.82, 2.24) is 4.57 Å². The molecular formula is C13H10N2O4. The first kappa shape index (κ1) is 12.6. The lowest BCUT2D eigenvalue weighted by atomic mass is 10.2. The highest BCUT2D eigenvalue weighted by atomic mass is 16.4. The molecule has 2 aromatic rings. The molecule has 6 heteroatoms. The first-order valence-corrected chi connectivity index (χ1v) is 5.35. The Balaban J connectivity index is 2.52. The van der Waals surface area contributed by atoms with Crippen molar-refractivity contribution in [2.24, 2.45) is 5.73 Å². The predicted octanol–water partition coefficient (Wildman–Crippen LogP) is 0.635. The molecule has 0 atom stereocenters. The summed E-state index contributed by atoms with van der Waals surface area (Å²) in [4.78, 5) is 33.5. The van der Waals surface area contributed by atoms with Crippen LogP contribution in [-0.2, 0) is 0 Å². The molecule has 0 aliphatic heterocycles. The van der Waals surface area contributed by atoms with Crippen molar-refractivity contribution in [3.63, 3.8) is 0 Å². The standard InChI is InChI=1S/C13H10N2O4/c14-12(17)8-1-4-10(5-2-8)15-7-9(13(18)19)3-6-11(15)16/h1-7H,(H2,14,17)(H,18,19). The van der Waals surface area contributed by atoms with Crippen molar-refractivity contribution >= 4 is 11.9 Å². The molecule has 1 heterocycles. The van der Waals surface area contributed by atoms with E-state index >= 15 is 0 Å². The number of carbonyl (C=O) groups is 2. The smallest absolute Gasteiger partial charge is 0.337 e. The van der Waals surface area contributed by atoms with Crippen LogP contribution >= 0.6 is 0 Å². The van der Waals surface area contributed by atoms with Gasteiger partial charge in [-0.25, -0.2) is 4.79 Å². The van der Waals surface area contributed by atoms with Gasteiger partial charge in [0.2, 0.25) is 5.91 Å². The summed E-state index contributed by atoms with van der Waals surface area (Å²) >= 11 is 0. The van der Waals surface area contributed by atoms with Crippen LogP contribution in [0, 0.1) is 0 Å². The predicted molar refractivity (Wildman–Crippen MR) is 67.5 cm³/mol. The van der Waals surface area contributed by atoms with Gasteiger partial charge in [0.1, 0.15) is 0 Å². The van der Waals surface area contributed by atoms with E-state index in [9.17, 15) is 14.4 Å². The first-order chi connectivity index (χ1) is 8.99. The molecule has 0 bridgehead atoms. The van der Waals surface area contributed by atoms with E-state index in [2.05, 4.69) is 0 Å². The molecule has 19 heavy (non-hydrogen) atoms. The van der Waals surface area contributed by atoms with Crippen molar-refractivity contribution in [3.8, 4) is 5.69 Å². The number of carbonyl (C=O) groups excluding carboxylic acids is 1. The second-order valence-corrected chi connectivity index (χ2v) is 3.84. The Bertz CT molecular complexity index is 701. The highest BCUT2D eigenvalue weighted by Gasteiger charge is 2.07. The Labute approximate surface area is 107 Å². The molecule has 0 radical (unpaired) electrons. The maximum atomic E-state index is 11.7. The molecule has 0 fully saturated rings. The van der Waals surface area contributed by atoms with Crippen molar-refractivity contribution in [2.75, 3.05) is 0 Å². The van der Waals surface area contributed by atoms with E-state index in [0.717, 1.165) is 0 Å². The van der Waals surface area contributed by atoms with Gasteiger partial charge in [-0.2, -0.15) is 0 Å². The second kappa shape index (κ2) is 4.77. The number of hydrogen-bond acceptors (Lipinski definition) is 3. The highest BCUT2D eigenvalue weighted by molar-refractivity contribution is 5.92. The monoisotopic (exact) mass is 258 g/mol. The molecule has 1 aromatic heterocycles. The van der Waals surface area contributed by atoms with E-state index in [0.29, 0.717) is 11.3 Å². The van der Waals surface area contributed by atoms with E-state index in [4.69, 9.17) is 10.8 Å². The minimum atomic E-state index is -1.12. The van der Waals surface area contributed by atoms with Crippen molar-refractivity contribution in [2.45, 2.75) is 0 Å². The number of pyridine rings is 1. The van der Waals surface area contributed by atoms with Gasteiger partial charge in [0, 0.05) is 23.5 Å². The van der Waals surface area contributed by atoms with Crippen LogP contribution in [0.3, 0.4) is 0 Å². The third kappa shape index (κ3) is 2.52. The summed E-state index contributed by atoms with van der Waals surface area (Å²) in [6.45, 7) is 0. The van der Waals surface area contributed by atoms with E-state index < -0.39 is 11.9 Å². The number of aromatic carboxylic acids is 1. The highest BCUT2D eigenvalue weighted by Crippen LogP contribution is 2.08. The van der Waals surface area contributed by atoms with E-state index in [-0.39, 0.29) is 11.1 Å². The van der Waals surface area contributed by atoms with Gasteiger partial charge in [0.15, 0.2) is 0 Å². The van der Waals surface area contributed by atoms with Crippen LogP contribution in [0.2, 0.25) is 0 Å². The van der Waals surface area contributed by atoms with E-state index in [1.807, 2.05) is 0 Å². The summed E-state index contributed by atoms with van der Waals surface area (Å²) in [6.07, 6.45) is 1.23. The molecule has 0 aliphatic rings. The zero-order chi connectivity index (χ0) is 14.0. The fraction of sp³-hybridized carbons (Fsp3) is 0. The Morgan fingerprint density at radius 2 is 1.58 bits per heavy atom. The molecule has 96 valence electrons. The lowest BCUT2D eigenvalue weighted by Gasteiger charge is -2.06. The van der Waals surface area contributed by atoms with Gasteiger partial charge in [0.05, 0.1) is 5.56 Å². The van der Waals surface area contributed by atoms with Gasteiger partial charge in [0.25, 0.3) is 5.56 Å². The number of aromatic nitrogens is 1. The second-order valence-electron chi connectivity index (χ2n) is 3.84. The summed E-state index contributed by atoms with van der Waals surface area (Å²) in [5.74, 6) is -1.69. The van der Waals surface area contributed by atoms with Crippen molar-refractivity contribution in [1.29, 1.82) is 0 Å². The van der Waals surface area contributed by atoms with Crippen molar-refractivity contribution < 1.29 is 14.7 Å². The molecular weight excluding hydrogens is 248 g/mol. The molecule has 6 nitrogen and oxygen atoms in total. The van der Waals surface area contributed by atoms with Crippen LogP contribution in [0.15, 0.2) is 47.4 Å². The van der Waals surface area contributed by atoms with Crippen LogP contribution in [0.4, 0.5) is 0 Å². The quantitative estimate of drug-likeness (QED) is 0.842. The van der Waals surface area contributed by atoms with Crippen LogP contribution in [0.25, 0.3) is 5.69 Å². The van der Waals surface area contributed by atoms with Crippen molar-refractivity contribution in [3.05, 3.63) is 64.1 Å². The number of rotatable bonds is 3. The Morgan fingerprint density at radius 3 is 2.11 bits per heavy atom. The summed E-state index contributed by atoms with van der Waals surface area (Å²) in [5, 5.41) is 8.89. The lowest BCUT2D eigenvalue weighted by molar-refractivity contribution is 0.0696. The maximum Gasteiger partial charge on any atom is 0.337 e. The maximum absolute atomic E-state index is 11.7. The van der Waals surface area contributed by atoms with Gasteiger partial charge >= 0.3 is 5.97 Å². The molecule has 0 unspecified atom stereocenters. The fourth-order valence-corrected chi connectivity index (χ4v) is 1.60. The first-order valence-electron chi connectivity index (χ1n) is 5.35. The molecule has 3 N–H and O–H groups in total. The van der Waals surface area contributed by atoms with Gasteiger partial charge in [-0.15, -0.1) is 0 Å².